The Morgan fingerprint density at radius 3 is 3.00 bits per heavy atom. The Morgan fingerprint density at radius 1 is 1.33 bits per heavy atom. The average molecular weight is 249 g/mol. The number of aromatic nitrogens is 1. The molecular formula is C14H20FN3. The summed E-state index contributed by atoms with van der Waals surface area (Å²) in [5, 5.41) is 3.42. The third-order valence-corrected chi connectivity index (χ3v) is 3.90. The fourth-order valence-corrected chi connectivity index (χ4v) is 2.77. The van der Waals surface area contributed by atoms with E-state index in [1.807, 2.05) is 0 Å². The number of halogens is 1. The van der Waals surface area contributed by atoms with Crippen molar-refractivity contribution in [3.63, 3.8) is 0 Å². The van der Waals surface area contributed by atoms with E-state index in [0.717, 1.165) is 24.1 Å². The van der Waals surface area contributed by atoms with Crippen LogP contribution in [0.4, 0.5) is 4.39 Å². The molecule has 2 aliphatic rings. The van der Waals surface area contributed by atoms with Gasteiger partial charge in [0.05, 0.1) is 6.20 Å². The lowest BCUT2D eigenvalue weighted by atomic mass is 10.1. The molecular weight excluding hydrogens is 229 g/mol. The van der Waals surface area contributed by atoms with Gasteiger partial charge in [-0.05, 0) is 49.9 Å². The van der Waals surface area contributed by atoms with Crippen molar-refractivity contribution in [2.75, 3.05) is 19.6 Å². The Bertz CT molecular complexity index is 406. The van der Waals surface area contributed by atoms with Crippen LogP contribution in [0.25, 0.3) is 0 Å². The summed E-state index contributed by atoms with van der Waals surface area (Å²) in [5.74, 6) is 0.502. The summed E-state index contributed by atoms with van der Waals surface area (Å²) < 4.78 is 12.9. The zero-order valence-corrected chi connectivity index (χ0v) is 10.6. The fraction of sp³-hybridized carbons (Fsp3) is 0.643. The van der Waals surface area contributed by atoms with Gasteiger partial charge >= 0.3 is 0 Å². The van der Waals surface area contributed by atoms with Crippen molar-refractivity contribution in [3.05, 3.63) is 29.8 Å². The van der Waals surface area contributed by atoms with E-state index in [9.17, 15) is 4.39 Å². The highest BCUT2D eigenvalue weighted by Crippen LogP contribution is 2.31. The quantitative estimate of drug-likeness (QED) is 0.862. The van der Waals surface area contributed by atoms with E-state index in [2.05, 4.69) is 15.2 Å². The maximum absolute atomic E-state index is 12.9. The first kappa shape index (κ1) is 12.1. The SMILES string of the molecule is Fc1cncc(CNCC2CCN(C3CC3)C2)c1. The largest absolute Gasteiger partial charge is 0.312 e. The van der Waals surface area contributed by atoms with Gasteiger partial charge in [-0.15, -0.1) is 0 Å². The number of hydrogen-bond donors (Lipinski definition) is 1. The zero-order chi connectivity index (χ0) is 12.4. The Labute approximate surface area is 107 Å². The molecule has 1 unspecified atom stereocenters. The van der Waals surface area contributed by atoms with Gasteiger partial charge < -0.3 is 10.2 Å². The van der Waals surface area contributed by atoms with Gasteiger partial charge in [-0.1, -0.05) is 0 Å². The molecule has 0 amide bonds. The monoisotopic (exact) mass is 249 g/mol. The van der Waals surface area contributed by atoms with E-state index in [0.29, 0.717) is 6.54 Å². The topological polar surface area (TPSA) is 28.2 Å². The van der Waals surface area contributed by atoms with Crippen LogP contribution in [0.1, 0.15) is 24.8 Å². The predicted octanol–water partition coefficient (Wildman–Crippen LogP) is 1.79. The highest BCUT2D eigenvalue weighted by molar-refractivity contribution is 5.09. The van der Waals surface area contributed by atoms with E-state index in [4.69, 9.17) is 0 Å². The van der Waals surface area contributed by atoms with Crippen LogP contribution in [-0.4, -0.2) is 35.6 Å². The molecule has 1 aliphatic carbocycles. The van der Waals surface area contributed by atoms with E-state index >= 15 is 0 Å². The lowest BCUT2D eigenvalue weighted by Crippen LogP contribution is -2.27. The van der Waals surface area contributed by atoms with Gasteiger partial charge in [-0.2, -0.15) is 0 Å². The van der Waals surface area contributed by atoms with Crippen molar-refractivity contribution in [1.82, 2.24) is 15.2 Å². The molecule has 0 spiro atoms. The van der Waals surface area contributed by atoms with E-state index in [1.54, 1.807) is 12.3 Å². The minimum Gasteiger partial charge on any atom is -0.312 e. The highest BCUT2D eigenvalue weighted by Gasteiger charge is 2.33. The standard InChI is InChI=1S/C14H20FN3/c15-13-5-12(8-17-9-13)7-16-6-11-3-4-18(10-11)14-1-2-14/h5,8-9,11,14,16H,1-4,6-7,10H2. The van der Waals surface area contributed by atoms with E-state index in [-0.39, 0.29) is 5.82 Å². The predicted molar refractivity (Wildman–Crippen MR) is 68.6 cm³/mol. The van der Waals surface area contributed by atoms with Crippen LogP contribution >= 0.6 is 0 Å². The summed E-state index contributed by atoms with van der Waals surface area (Å²) in [5.41, 5.74) is 0.923. The molecule has 2 fully saturated rings. The molecule has 1 aliphatic heterocycles. The summed E-state index contributed by atoms with van der Waals surface area (Å²) in [6.45, 7) is 4.24. The number of likely N-dealkylation sites (tertiary alicyclic amines) is 1. The number of pyridine rings is 1. The third-order valence-electron chi connectivity index (χ3n) is 3.90. The van der Waals surface area contributed by atoms with Gasteiger partial charge in [0.2, 0.25) is 0 Å². The molecule has 2 heterocycles. The second kappa shape index (κ2) is 5.33. The molecule has 1 N–H and O–H groups in total. The van der Waals surface area contributed by atoms with E-state index < -0.39 is 0 Å². The summed E-state index contributed by atoms with van der Waals surface area (Å²) in [6, 6.07) is 2.44. The van der Waals surface area contributed by atoms with Gasteiger partial charge in [-0.25, -0.2) is 4.39 Å². The van der Waals surface area contributed by atoms with Gasteiger partial charge in [0.15, 0.2) is 0 Å². The molecule has 0 bridgehead atoms. The maximum atomic E-state index is 12.9. The van der Waals surface area contributed by atoms with Crippen LogP contribution in [0.15, 0.2) is 18.5 Å². The second-order valence-corrected chi connectivity index (χ2v) is 5.52. The molecule has 1 aromatic heterocycles. The zero-order valence-electron chi connectivity index (χ0n) is 10.6. The van der Waals surface area contributed by atoms with Gasteiger partial charge in [-0.3, -0.25) is 4.98 Å². The summed E-state index contributed by atoms with van der Waals surface area (Å²) in [7, 11) is 0. The second-order valence-electron chi connectivity index (χ2n) is 5.52. The van der Waals surface area contributed by atoms with Crippen LogP contribution in [-0.2, 0) is 6.54 Å². The average Bonchev–Trinajstić information content (AvgIpc) is 3.10. The summed E-state index contributed by atoms with van der Waals surface area (Å²) in [4.78, 5) is 6.48. The van der Waals surface area contributed by atoms with Crippen LogP contribution < -0.4 is 5.32 Å². The van der Waals surface area contributed by atoms with Crippen molar-refractivity contribution in [2.24, 2.45) is 5.92 Å². The van der Waals surface area contributed by atoms with Crippen molar-refractivity contribution >= 4 is 0 Å². The van der Waals surface area contributed by atoms with Crippen molar-refractivity contribution in [3.8, 4) is 0 Å². The highest BCUT2D eigenvalue weighted by atomic mass is 19.1. The fourth-order valence-electron chi connectivity index (χ4n) is 2.77. The van der Waals surface area contributed by atoms with Crippen LogP contribution in [0.3, 0.4) is 0 Å². The molecule has 1 atom stereocenters. The first-order valence-corrected chi connectivity index (χ1v) is 6.85. The Hall–Kier alpha value is -1.00. The lowest BCUT2D eigenvalue weighted by molar-refractivity contribution is 0.312. The molecule has 18 heavy (non-hydrogen) atoms. The third kappa shape index (κ3) is 3.06. The lowest BCUT2D eigenvalue weighted by Gasteiger charge is -2.15. The molecule has 1 saturated carbocycles. The summed E-state index contributed by atoms with van der Waals surface area (Å²) in [6.07, 6.45) is 7.06. The first-order valence-electron chi connectivity index (χ1n) is 6.85. The molecule has 98 valence electrons. The van der Waals surface area contributed by atoms with Crippen molar-refractivity contribution in [2.45, 2.75) is 31.8 Å². The van der Waals surface area contributed by atoms with Gasteiger partial charge in [0.25, 0.3) is 0 Å². The minimum absolute atomic E-state index is 0.255. The van der Waals surface area contributed by atoms with Gasteiger partial charge in [0, 0.05) is 25.3 Å². The number of nitrogens with one attached hydrogen (secondary N) is 1. The smallest absolute Gasteiger partial charge is 0.141 e. The number of hydrogen-bond acceptors (Lipinski definition) is 3. The maximum Gasteiger partial charge on any atom is 0.141 e. The van der Waals surface area contributed by atoms with Crippen molar-refractivity contribution < 1.29 is 4.39 Å². The normalized spacial score (nSPS) is 24.6. The van der Waals surface area contributed by atoms with E-state index in [1.165, 1.54) is 38.5 Å². The molecule has 0 radical (unpaired) electrons. The molecule has 3 nitrogen and oxygen atoms in total. The first-order chi connectivity index (χ1) is 8.81. The van der Waals surface area contributed by atoms with Crippen molar-refractivity contribution in [1.29, 1.82) is 0 Å². The van der Waals surface area contributed by atoms with Crippen LogP contribution in [0.5, 0.6) is 0 Å². The van der Waals surface area contributed by atoms with Crippen LogP contribution in [0, 0.1) is 11.7 Å². The Morgan fingerprint density at radius 2 is 2.22 bits per heavy atom. The Kier molecular flexibility index (Phi) is 3.57. The molecule has 1 aromatic rings. The van der Waals surface area contributed by atoms with Crippen LogP contribution in [0.2, 0.25) is 0 Å². The molecule has 4 heteroatoms. The van der Waals surface area contributed by atoms with Gasteiger partial charge in [0.1, 0.15) is 5.82 Å². The minimum atomic E-state index is -0.255. The molecule has 0 aromatic carbocycles. The summed E-state index contributed by atoms with van der Waals surface area (Å²) >= 11 is 0. The number of rotatable bonds is 5. The molecule has 1 saturated heterocycles. The number of nitrogens with zero attached hydrogens (tertiary/aromatic N) is 2. The molecule has 3 rings (SSSR count). The Balaban J connectivity index is 1.39.